The molecule has 2 amide bonds. The Labute approximate surface area is 156 Å². The zero-order valence-corrected chi connectivity index (χ0v) is 15.3. The summed E-state index contributed by atoms with van der Waals surface area (Å²) in [7, 11) is 0. The number of benzene rings is 2. The van der Waals surface area contributed by atoms with Gasteiger partial charge in [-0.2, -0.15) is 0 Å². The molecule has 0 fully saturated rings. The fourth-order valence-corrected chi connectivity index (χ4v) is 2.68. The third-order valence-corrected chi connectivity index (χ3v) is 4.15. The number of carbonyl (C=O) groups excluding carboxylic acids is 2. The highest BCUT2D eigenvalue weighted by Crippen LogP contribution is 2.24. The summed E-state index contributed by atoms with van der Waals surface area (Å²) in [6, 6.07) is 12.7. The van der Waals surface area contributed by atoms with Crippen LogP contribution in [0.3, 0.4) is 0 Å². The minimum absolute atomic E-state index is 0.124. The molecule has 0 aliphatic rings. The highest BCUT2D eigenvalue weighted by molar-refractivity contribution is 8.00. The standard InChI is InChI=1S/C19H21FN2O3S/c1-2-11-25-17-6-4-3-5-16(17)22-19(24)13-26-12-18(23)21-15-9-7-14(20)8-10-15/h3-10H,2,11-13H2,1H3,(H,21,23)(H,22,24). The summed E-state index contributed by atoms with van der Waals surface area (Å²) in [5.41, 5.74) is 1.13. The molecule has 0 heterocycles. The summed E-state index contributed by atoms with van der Waals surface area (Å²) in [4.78, 5) is 23.9. The number of anilines is 2. The summed E-state index contributed by atoms with van der Waals surface area (Å²) in [5.74, 6) is 0.0646. The number of ether oxygens (including phenoxy) is 1. The number of carbonyl (C=O) groups is 2. The lowest BCUT2D eigenvalue weighted by molar-refractivity contribution is -0.114. The first-order valence-electron chi connectivity index (χ1n) is 8.23. The average molecular weight is 376 g/mol. The Morgan fingerprint density at radius 2 is 1.65 bits per heavy atom. The van der Waals surface area contributed by atoms with E-state index in [1.807, 2.05) is 19.1 Å². The van der Waals surface area contributed by atoms with Gasteiger partial charge in [-0.3, -0.25) is 9.59 Å². The minimum Gasteiger partial charge on any atom is -0.491 e. The highest BCUT2D eigenvalue weighted by Gasteiger charge is 2.09. The molecule has 2 aromatic rings. The molecule has 26 heavy (non-hydrogen) atoms. The lowest BCUT2D eigenvalue weighted by atomic mass is 10.3. The van der Waals surface area contributed by atoms with E-state index in [9.17, 15) is 14.0 Å². The number of amides is 2. The van der Waals surface area contributed by atoms with E-state index in [-0.39, 0.29) is 29.1 Å². The fourth-order valence-electron chi connectivity index (χ4n) is 2.06. The zero-order chi connectivity index (χ0) is 18.8. The maximum Gasteiger partial charge on any atom is 0.234 e. The van der Waals surface area contributed by atoms with Crippen molar-refractivity contribution in [3.05, 3.63) is 54.3 Å². The lowest BCUT2D eigenvalue weighted by Gasteiger charge is -2.11. The molecule has 0 aliphatic heterocycles. The Hall–Kier alpha value is -2.54. The van der Waals surface area contributed by atoms with Crippen LogP contribution >= 0.6 is 11.8 Å². The van der Waals surface area contributed by atoms with Gasteiger partial charge in [0.15, 0.2) is 0 Å². The molecule has 0 saturated heterocycles. The van der Waals surface area contributed by atoms with Crippen molar-refractivity contribution in [3.63, 3.8) is 0 Å². The molecule has 138 valence electrons. The second kappa shape index (κ2) is 10.5. The van der Waals surface area contributed by atoms with E-state index in [0.29, 0.717) is 23.7 Å². The Kier molecular flexibility index (Phi) is 7.95. The highest BCUT2D eigenvalue weighted by atomic mass is 32.2. The Bertz CT molecular complexity index is 738. The SMILES string of the molecule is CCCOc1ccccc1NC(=O)CSCC(=O)Nc1ccc(F)cc1. The van der Waals surface area contributed by atoms with Crippen LogP contribution in [0.5, 0.6) is 5.75 Å². The summed E-state index contributed by atoms with van der Waals surface area (Å²) < 4.78 is 18.4. The van der Waals surface area contributed by atoms with Crippen molar-refractivity contribution in [3.8, 4) is 5.75 Å². The van der Waals surface area contributed by atoms with Crippen LogP contribution in [0, 0.1) is 5.82 Å². The number of para-hydroxylation sites is 2. The lowest BCUT2D eigenvalue weighted by Crippen LogP contribution is -2.18. The normalized spacial score (nSPS) is 10.2. The van der Waals surface area contributed by atoms with Crippen LogP contribution in [-0.4, -0.2) is 29.9 Å². The van der Waals surface area contributed by atoms with Gasteiger partial charge in [-0.15, -0.1) is 11.8 Å². The van der Waals surface area contributed by atoms with Gasteiger partial charge in [-0.05, 0) is 42.8 Å². The third kappa shape index (κ3) is 6.76. The molecular weight excluding hydrogens is 355 g/mol. The van der Waals surface area contributed by atoms with Gasteiger partial charge in [0.05, 0.1) is 23.8 Å². The van der Waals surface area contributed by atoms with E-state index in [0.717, 1.165) is 6.42 Å². The first kappa shape index (κ1) is 19.8. The molecule has 0 radical (unpaired) electrons. The third-order valence-electron chi connectivity index (χ3n) is 3.22. The molecule has 0 aliphatic carbocycles. The zero-order valence-electron chi connectivity index (χ0n) is 14.5. The Morgan fingerprint density at radius 1 is 1.00 bits per heavy atom. The van der Waals surface area contributed by atoms with Gasteiger partial charge in [0.25, 0.3) is 0 Å². The van der Waals surface area contributed by atoms with Crippen LogP contribution in [0.2, 0.25) is 0 Å². The van der Waals surface area contributed by atoms with Gasteiger partial charge in [-0.25, -0.2) is 4.39 Å². The second-order valence-electron chi connectivity index (χ2n) is 5.44. The number of halogens is 1. The van der Waals surface area contributed by atoms with E-state index in [1.54, 1.807) is 12.1 Å². The van der Waals surface area contributed by atoms with Crippen LogP contribution < -0.4 is 15.4 Å². The summed E-state index contributed by atoms with van der Waals surface area (Å²) in [6.07, 6.45) is 0.876. The van der Waals surface area contributed by atoms with Crippen molar-refractivity contribution in [1.82, 2.24) is 0 Å². The van der Waals surface area contributed by atoms with Gasteiger partial charge >= 0.3 is 0 Å². The quantitative estimate of drug-likeness (QED) is 0.696. The maximum absolute atomic E-state index is 12.8. The van der Waals surface area contributed by atoms with Crippen molar-refractivity contribution >= 4 is 35.0 Å². The molecule has 0 atom stereocenters. The smallest absolute Gasteiger partial charge is 0.234 e. The van der Waals surface area contributed by atoms with E-state index >= 15 is 0 Å². The molecule has 2 N–H and O–H groups in total. The molecule has 2 rings (SSSR count). The number of nitrogens with one attached hydrogen (secondary N) is 2. The van der Waals surface area contributed by atoms with Crippen LogP contribution in [0.25, 0.3) is 0 Å². The predicted molar refractivity (Wildman–Crippen MR) is 103 cm³/mol. The van der Waals surface area contributed by atoms with Crippen LogP contribution in [0.1, 0.15) is 13.3 Å². The molecule has 0 spiro atoms. The van der Waals surface area contributed by atoms with Gasteiger partial charge in [0.1, 0.15) is 11.6 Å². The molecule has 2 aromatic carbocycles. The van der Waals surface area contributed by atoms with Crippen molar-refractivity contribution < 1.29 is 18.7 Å². The number of hydrogen-bond acceptors (Lipinski definition) is 4. The second-order valence-corrected chi connectivity index (χ2v) is 6.43. The number of rotatable bonds is 9. The van der Waals surface area contributed by atoms with Crippen molar-refractivity contribution in [2.75, 3.05) is 28.7 Å². The number of hydrogen-bond donors (Lipinski definition) is 2. The summed E-state index contributed by atoms with van der Waals surface area (Å²) >= 11 is 1.20. The van der Waals surface area contributed by atoms with Gasteiger partial charge in [0, 0.05) is 5.69 Å². The predicted octanol–water partition coefficient (Wildman–Crippen LogP) is 3.92. The minimum atomic E-state index is -0.364. The van der Waals surface area contributed by atoms with Gasteiger partial charge in [0.2, 0.25) is 11.8 Å². The molecule has 0 saturated carbocycles. The van der Waals surface area contributed by atoms with Crippen LogP contribution in [0.15, 0.2) is 48.5 Å². The maximum atomic E-state index is 12.8. The molecule has 7 heteroatoms. The topological polar surface area (TPSA) is 67.4 Å². The van der Waals surface area contributed by atoms with E-state index < -0.39 is 0 Å². The van der Waals surface area contributed by atoms with Crippen molar-refractivity contribution in [1.29, 1.82) is 0 Å². The first-order valence-corrected chi connectivity index (χ1v) is 9.39. The monoisotopic (exact) mass is 376 g/mol. The Morgan fingerprint density at radius 3 is 2.35 bits per heavy atom. The molecular formula is C19H21FN2O3S. The Balaban J connectivity index is 1.75. The first-order chi connectivity index (χ1) is 12.6. The molecule has 0 aromatic heterocycles. The summed E-state index contributed by atoms with van der Waals surface area (Å²) in [6.45, 7) is 2.58. The van der Waals surface area contributed by atoms with E-state index in [1.165, 1.54) is 36.0 Å². The largest absolute Gasteiger partial charge is 0.491 e. The van der Waals surface area contributed by atoms with E-state index in [4.69, 9.17) is 4.74 Å². The molecule has 0 unspecified atom stereocenters. The molecule has 0 bridgehead atoms. The average Bonchev–Trinajstić information content (AvgIpc) is 2.63. The van der Waals surface area contributed by atoms with Crippen molar-refractivity contribution in [2.45, 2.75) is 13.3 Å². The van der Waals surface area contributed by atoms with Crippen LogP contribution in [0.4, 0.5) is 15.8 Å². The van der Waals surface area contributed by atoms with E-state index in [2.05, 4.69) is 10.6 Å². The van der Waals surface area contributed by atoms with Gasteiger partial charge < -0.3 is 15.4 Å². The fraction of sp³-hybridized carbons (Fsp3) is 0.263. The number of thioether (sulfide) groups is 1. The van der Waals surface area contributed by atoms with Crippen molar-refractivity contribution in [2.24, 2.45) is 0 Å². The summed E-state index contributed by atoms with van der Waals surface area (Å²) in [5, 5.41) is 5.44. The molecule has 5 nitrogen and oxygen atoms in total. The van der Waals surface area contributed by atoms with Gasteiger partial charge in [-0.1, -0.05) is 19.1 Å². The van der Waals surface area contributed by atoms with Crippen LogP contribution in [-0.2, 0) is 9.59 Å².